The van der Waals surface area contributed by atoms with Crippen molar-refractivity contribution in [2.75, 3.05) is 0 Å². The van der Waals surface area contributed by atoms with Gasteiger partial charge in [0.05, 0.1) is 0 Å². The minimum Gasteiger partial charge on any atom is -0.404 e. The summed E-state index contributed by atoms with van der Waals surface area (Å²) in [5, 5.41) is 0. The number of allylic oxidation sites excluding steroid dienone is 1. The summed E-state index contributed by atoms with van der Waals surface area (Å²) in [6.07, 6.45) is 16.3. The van der Waals surface area contributed by atoms with E-state index < -0.39 is 0 Å². The molecule has 0 aliphatic rings. The Balaban J connectivity index is 1.73. The minimum absolute atomic E-state index is 0.209. The summed E-state index contributed by atoms with van der Waals surface area (Å²) in [5.41, 5.74) is 2.40. The number of ether oxygens (including phenoxy) is 1. The zero-order valence-corrected chi connectivity index (χ0v) is 18.0. The number of pyridine rings is 1. The van der Waals surface area contributed by atoms with Gasteiger partial charge in [0.15, 0.2) is 0 Å². The van der Waals surface area contributed by atoms with Gasteiger partial charge in [0, 0.05) is 24.3 Å². The predicted molar refractivity (Wildman–Crippen MR) is 120 cm³/mol. The molecule has 0 aliphatic carbocycles. The molecule has 1 aromatic heterocycles. The molecule has 0 amide bonds. The third kappa shape index (κ3) is 9.08. The largest absolute Gasteiger partial charge is 0.404 e. The van der Waals surface area contributed by atoms with Crippen molar-refractivity contribution in [2.45, 2.75) is 77.6 Å². The Hall–Kier alpha value is -2.42. The molecule has 2 rings (SSSR count). The second kappa shape index (κ2) is 13.7. The summed E-state index contributed by atoms with van der Waals surface area (Å²) >= 11 is 0. The van der Waals surface area contributed by atoms with Crippen LogP contribution in [0.4, 0.5) is 0 Å². The third-order valence-electron chi connectivity index (χ3n) is 5.20. The molecule has 0 saturated heterocycles. The summed E-state index contributed by atoms with van der Waals surface area (Å²) in [6, 6.07) is 14.0. The Kier molecular flexibility index (Phi) is 10.8. The monoisotopic (exact) mass is 393 g/mol. The standard InChI is InChI=1S/C26H35NO2/c1-3-5-6-7-8-9-11-14-22-17-19-25(27-21-22)29-26(28)20-18-23(4-2)24-15-12-10-13-16-24/h10,12-13,15-21,23H,3-9,11,14H2,1-2H3/b20-18+. The summed E-state index contributed by atoms with van der Waals surface area (Å²) in [7, 11) is 0. The molecule has 0 radical (unpaired) electrons. The molecule has 0 aliphatic heterocycles. The molecule has 1 atom stereocenters. The molecule has 1 heterocycles. The Morgan fingerprint density at radius 1 is 0.966 bits per heavy atom. The van der Waals surface area contributed by atoms with Gasteiger partial charge in [0.1, 0.15) is 0 Å². The number of hydrogen-bond donors (Lipinski definition) is 0. The normalized spacial score (nSPS) is 12.2. The van der Waals surface area contributed by atoms with Crippen molar-refractivity contribution < 1.29 is 9.53 Å². The molecule has 0 N–H and O–H groups in total. The second-order valence-electron chi connectivity index (χ2n) is 7.58. The maximum Gasteiger partial charge on any atom is 0.337 e. The van der Waals surface area contributed by atoms with Gasteiger partial charge in [0.2, 0.25) is 5.88 Å². The lowest BCUT2D eigenvalue weighted by atomic mass is 9.96. The Morgan fingerprint density at radius 3 is 2.34 bits per heavy atom. The van der Waals surface area contributed by atoms with Crippen LogP contribution in [-0.2, 0) is 11.2 Å². The van der Waals surface area contributed by atoms with Crippen molar-refractivity contribution in [3.05, 3.63) is 71.9 Å². The number of aryl methyl sites for hydroxylation is 1. The summed E-state index contributed by atoms with van der Waals surface area (Å²) in [6.45, 7) is 4.36. The van der Waals surface area contributed by atoms with Gasteiger partial charge in [-0.05, 0) is 30.4 Å². The van der Waals surface area contributed by atoms with Crippen LogP contribution in [0.2, 0.25) is 0 Å². The van der Waals surface area contributed by atoms with Crippen molar-refractivity contribution in [1.29, 1.82) is 0 Å². The maximum atomic E-state index is 12.1. The maximum absolute atomic E-state index is 12.1. The molecule has 29 heavy (non-hydrogen) atoms. The fourth-order valence-electron chi connectivity index (χ4n) is 3.42. The van der Waals surface area contributed by atoms with E-state index in [4.69, 9.17) is 4.74 Å². The smallest absolute Gasteiger partial charge is 0.337 e. The van der Waals surface area contributed by atoms with Crippen LogP contribution in [0, 0.1) is 0 Å². The van der Waals surface area contributed by atoms with Gasteiger partial charge in [-0.15, -0.1) is 0 Å². The van der Waals surface area contributed by atoms with E-state index in [-0.39, 0.29) is 11.9 Å². The summed E-state index contributed by atoms with van der Waals surface area (Å²) in [4.78, 5) is 16.4. The molecule has 3 heteroatoms. The van der Waals surface area contributed by atoms with Crippen molar-refractivity contribution in [2.24, 2.45) is 0 Å². The molecular weight excluding hydrogens is 358 g/mol. The van der Waals surface area contributed by atoms with E-state index in [1.54, 1.807) is 6.07 Å². The molecular formula is C26H35NO2. The number of esters is 1. The lowest BCUT2D eigenvalue weighted by molar-refractivity contribution is -0.129. The number of hydrogen-bond acceptors (Lipinski definition) is 3. The van der Waals surface area contributed by atoms with Gasteiger partial charge in [-0.3, -0.25) is 0 Å². The van der Waals surface area contributed by atoms with Crippen LogP contribution in [0.5, 0.6) is 5.88 Å². The van der Waals surface area contributed by atoms with Crippen molar-refractivity contribution in [3.8, 4) is 5.88 Å². The van der Waals surface area contributed by atoms with E-state index in [9.17, 15) is 4.79 Å². The fourth-order valence-corrected chi connectivity index (χ4v) is 3.42. The van der Waals surface area contributed by atoms with Gasteiger partial charge in [-0.25, -0.2) is 9.78 Å². The second-order valence-corrected chi connectivity index (χ2v) is 7.58. The SMILES string of the molecule is CCCCCCCCCc1ccc(OC(=O)/C=C/C(CC)c2ccccc2)nc1. The summed E-state index contributed by atoms with van der Waals surface area (Å²) < 4.78 is 5.34. The molecule has 0 saturated carbocycles. The lowest BCUT2D eigenvalue weighted by Gasteiger charge is -2.09. The number of rotatable bonds is 13. The van der Waals surface area contributed by atoms with Gasteiger partial charge >= 0.3 is 5.97 Å². The van der Waals surface area contributed by atoms with E-state index in [1.165, 1.54) is 62.1 Å². The molecule has 2 aromatic rings. The van der Waals surface area contributed by atoms with Crippen LogP contribution in [0.15, 0.2) is 60.8 Å². The van der Waals surface area contributed by atoms with Crippen LogP contribution in [0.25, 0.3) is 0 Å². The first kappa shape index (κ1) is 22.9. The van der Waals surface area contributed by atoms with Crippen molar-refractivity contribution in [1.82, 2.24) is 4.98 Å². The zero-order chi connectivity index (χ0) is 20.7. The average molecular weight is 394 g/mol. The molecule has 0 bridgehead atoms. The highest BCUT2D eigenvalue weighted by Gasteiger charge is 2.07. The van der Waals surface area contributed by atoms with E-state index >= 15 is 0 Å². The molecule has 1 unspecified atom stereocenters. The van der Waals surface area contributed by atoms with E-state index in [1.807, 2.05) is 36.5 Å². The van der Waals surface area contributed by atoms with Crippen LogP contribution in [0.3, 0.4) is 0 Å². The molecule has 156 valence electrons. The minimum atomic E-state index is -0.383. The van der Waals surface area contributed by atoms with Gasteiger partial charge < -0.3 is 4.74 Å². The first-order chi connectivity index (χ1) is 14.2. The predicted octanol–water partition coefficient (Wildman–Crippen LogP) is 7.03. The molecule has 0 spiro atoms. The number of carbonyl (C=O) groups excluding carboxylic acids is 1. The van der Waals surface area contributed by atoms with Crippen LogP contribution < -0.4 is 4.74 Å². The average Bonchev–Trinajstić information content (AvgIpc) is 2.75. The number of carbonyl (C=O) groups is 1. The fraction of sp³-hybridized carbons (Fsp3) is 0.462. The van der Waals surface area contributed by atoms with Crippen LogP contribution >= 0.6 is 0 Å². The van der Waals surface area contributed by atoms with Crippen LogP contribution in [0.1, 0.15) is 82.3 Å². The highest BCUT2D eigenvalue weighted by molar-refractivity contribution is 5.83. The first-order valence-corrected chi connectivity index (χ1v) is 11.1. The highest BCUT2D eigenvalue weighted by atomic mass is 16.5. The van der Waals surface area contributed by atoms with Crippen LogP contribution in [-0.4, -0.2) is 11.0 Å². The summed E-state index contributed by atoms with van der Waals surface area (Å²) in [5.74, 6) is 0.184. The van der Waals surface area contributed by atoms with Crippen molar-refractivity contribution in [3.63, 3.8) is 0 Å². The Labute approximate surface area is 176 Å². The zero-order valence-electron chi connectivity index (χ0n) is 18.0. The molecule has 0 fully saturated rings. The highest BCUT2D eigenvalue weighted by Crippen LogP contribution is 2.20. The third-order valence-corrected chi connectivity index (χ3v) is 5.20. The van der Waals surface area contributed by atoms with E-state index in [0.717, 1.165) is 12.8 Å². The number of aromatic nitrogens is 1. The van der Waals surface area contributed by atoms with E-state index in [0.29, 0.717) is 5.88 Å². The van der Waals surface area contributed by atoms with E-state index in [2.05, 4.69) is 31.0 Å². The molecule has 1 aromatic carbocycles. The lowest BCUT2D eigenvalue weighted by Crippen LogP contribution is -2.06. The van der Waals surface area contributed by atoms with Gasteiger partial charge in [-0.1, -0.05) is 94.8 Å². The van der Waals surface area contributed by atoms with Gasteiger partial charge in [0.25, 0.3) is 0 Å². The Bertz CT molecular complexity index is 722. The quantitative estimate of drug-likeness (QED) is 0.208. The number of nitrogens with zero attached hydrogens (tertiary/aromatic N) is 1. The number of benzene rings is 1. The van der Waals surface area contributed by atoms with Gasteiger partial charge in [-0.2, -0.15) is 0 Å². The topological polar surface area (TPSA) is 39.2 Å². The first-order valence-electron chi connectivity index (χ1n) is 11.1. The number of unbranched alkanes of at least 4 members (excludes halogenated alkanes) is 6. The Morgan fingerprint density at radius 2 is 1.69 bits per heavy atom. The van der Waals surface area contributed by atoms with Crippen molar-refractivity contribution >= 4 is 5.97 Å². The molecule has 3 nitrogen and oxygen atoms in total.